The summed E-state index contributed by atoms with van der Waals surface area (Å²) in [6, 6.07) is 1.95. The minimum Gasteiger partial charge on any atom is -0.274 e. The summed E-state index contributed by atoms with van der Waals surface area (Å²) in [5.41, 5.74) is 0.246. The van der Waals surface area contributed by atoms with Crippen molar-refractivity contribution in [3.8, 4) is 6.07 Å². The molecule has 0 bridgehead atoms. The predicted octanol–water partition coefficient (Wildman–Crippen LogP) is 0.725. The van der Waals surface area contributed by atoms with Crippen molar-refractivity contribution in [3.63, 3.8) is 0 Å². The molecule has 6 nitrogen and oxygen atoms in total. The number of amides is 2. The number of nitriles is 1. The van der Waals surface area contributed by atoms with E-state index in [1.54, 1.807) is 7.05 Å². The van der Waals surface area contributed by atoms with Crippen LogP contribution in [0.1, 0.15) is 31.2 Å². The van der Waals surface area contributed by atoms with Crippen LogP contribution in [0.2, 0.25) is 0 Å². The van der Waals surface area contributed by atoms with Gasteiger partial charge in [-0.3, -0.25) is 14.3 Å². The van der Waals surface area contributed by atoms with Crippen molar-refractivity contribution >= 4 is 17.6 Å². The molecule has 2 amide bonds. The Labute approximate surface area is 98.4 Å². The molecule has 1 aromatic heterocycles. The van der Waals surface area contributed by atoms with Gasteiger partial charge in [0.15, 0.2) is 5.82 Å². The highest BCUT2D eigenvalue weighted by Gasteiger charge is 2.30. The minimum atomic E-state index is -0.257. The number of anilines is 1. The van der Waals surface area contributed by atoms with Gasteiger partial charge in [-0.15, -0.1) is 0 Å². The summed E-state index contributed by atoms with van der Waals surface area (Å²) in [4.78, 5) is 24.9. The summed E-state index contributed by atoms with van der Waals surface area (Å²) >= 11 is 0. The zero-order valence-corrected chi connectivity index (χ0v) is 9.51. The number of hydrogen-bond acceptors (Lipinski definition) is 4. The first kappa shape index (κ1) is 11.3. The Morgan fingerprint density at radius 1 is 1.29 bits per heavy atom. The van der Waals surface area contributed by atoms with Gasteiger partial charge < -0.3 is 0 Å². The second-order valence-corrected chi connectivity index (χ2v) is 3.95. The van der Waals surface area contributed by atoms with Crippen LogP contribution >= 0.6 is 0 Å². The molecular weight excluding hydrogens is 220 g/mol. The summed E-state index contributed by atoms with van der Waals surface area (Å²) < 4.78 is 1.39. The molecule has 0 atom stereocenters. The number of rotatable bonds is 1. The fourth-order valence-electron chi connectivity index (χ4n) is 1.93. The lowest BCUT2D eigenvalue weighted by Gasteiger charge is -2.18. The Morgan fingerprint density at radius 3 is 2.41 bits per heavy atom. The van der Waals surface area contributed by atoms with Crippen LogP contribution in [0.15, 0.2) is 6.20 Å². The van der Waals surface area contributed by atoms with Gasteiger partial charge in [-0.1, -0.05) is 0 Å². The van der Waals surface area contributed by atoms with Gasteiger partial charge >= 0.3 is 0 Å². The standard InChI is InChI=1S/C11H12N4O2/c1-14-11(8(6-12)7-13-14)15-9(16)4-2-3-5-10(15)17/h7H,2-5H2,1H3. The lowest BCUT2D eigenvalue weighted by atomic mass is 10.2. The Kier molecular flexibility index (Phi) is 2.91. The number of hydrogen-bond donors (Lipinski definition) is 0. The summed E-state index contributed by atoms with van der Waals surface area (Å²) in [7, 11) is 1.61. The molecule has 1 fully saturated rings. The maximum absolute atomic E-state index is 11.9. The normalized spacial score (nSPS) is 16.8. The average molecular weight is 232 g/mol. The van der Waals surface area contributed by atoms with Gasteiger partial charge in [0.1, 0.15) is 11.6 Å². The van der Waals surface area contributed by atoms with Crippen LogP contribution in [0.5, 0.6) is 0 Å². The molecule has 1 saturated heterocycles. The fraction of sp³-hybridized carbons (Fsp3) is 0.455. The third-order valence-electron chi connectivity index (χ3n) is 2.77. The van der Waals surface area contributed by atoms with E-state index < -0.39 is 0 Å². The number of aryl methyl sites for hydroxylation is 1. The maximum Gasteiger partial charge on any atom is 0.235 e. The second-order valence-electron chi connectivity index (χ2n) is 3.95. The number of carbonyl (C=O) groups is 2. The largest absolute Gasteiger partial charge is 0.274 e. The molecule has 2 heterocycles. The van der Waals surface area contributed by atoms with Crippen molar-refractivity contribution < 1.29 is 9.59 Å². The Morgan fingerprint density at radius 2 is 1.88 bits per heavy atom. The SMILES string of the molecule is Cn1ncc(C#N)c1N1C(=O)CCCCC1=O. The van der Waals surface area contributed by atoms with Crippen molar-refractivity contribution in [2.24, 2.45) is 7.05 Å². The Balaban J connectivity index is 2.49. The highest BCUT2D eigenvalue weighted by atomic mass is 16.2. The smallest absolute Gasteiger partial charge is 0.235 e. The van der Waals surface area contributed by atoms with E-state index in [1.165, 1.54) is 10.9 Å². The topological polar surface area (TPSA) is 79.0 Å². The van der Waals surface area contributed by atoms with Crippen LogP contribution in [0.25, 0.3) is 0 Å². The summed E-state index contributed by atoms with van der Waals surface area (Å²) in [6.45, 7) is 0. The molecule has 1 aliphatic rings. The van der Waals surface area contributed by atoms with Crippen molar-refractivity contribution in [2.75, 3.05) is 4.90 Å². The molecule has 88 valence electrons. The van der Waals surface area contributed by atoms with Gasteiger partial charge in [0, 0.05) is 19.9 Å². The number of carbonyl (C=O) groups excluding carboxylic acids is 2. The lowest BCUT2D eigenvalue weighted by molar-refractivity contribution is -0.125. The highest BCUT2D eigenvalue weighted by molar-refractivity contribution is 6.15. The summed E-state index contributed by atoms with van der Waals surface area (Å²) in [6.07, 6.45) is 3.45. The van der Waals surface area contributed by atoms with E-state index in [0.717, 1.165) is 4.90 Å². The molecular formula is C11H12N4O2. The molecule has 0 N–H and O–H groups in total. The molecule has 0 spiro atoms. The first-order chi connectivity index (χ1) is 8.15. The molecule has 2 rings (SSSR count). The molecule has 17 heavy (non-hydrogen) atoms. The molecule has 0 aliphatic carbocycles. The molecule has 0 saturated carbocycles. The fourth-order valence-corrected chi connectivity index (χ4v) is 1.93. The van der Waals surface area contributed by atoms with E-state index in [1.807, 2.05) is 6.07 Å². The van der Waals surface area contributed by atoms with E-state index in [0.29, 0.717) is 25.7 Å². The van der Waals surface area contributed by atoms with E-state index in [9.17, 15) is 9.59 Å². The lowest BCUT2D eigenvalue weighted by Crippen LogP contribution is -2.37. The zero-order chi connectivity index (χ0) is 12.4. The number of imide groups is 1. The monoisotopic (exact) mass is 232 g/mol. The van der Waals surface area contributed by atoms with Crippen LogP contribution in [0, 0.1) is 11.3 Å². The zero-order valence-electron chi connectivity index (χ0n) is 9.51. The molecule has 0 unspecified atom stereocenters. The second kappa shape index (κ2) is 4.37. The maximum atomic E-state index is 11.9. The van der Waals surface area contributed by atoms with Gasteiger partial charge in [-0.25, -0.2) is 4.90 Å². The van der Waals surface area contributed by atoms with Crippen LogP contribution in [0.3, 0.4) is 0 Å². The van der Waals surface area contributed by atoms with E-state index in [4.69, 9.17) is 5.26 Å². The van der Waals surface area contributed by atoms with E-state index >= 15 is 0 Å². The Bertz CT molecular complexity index is 494. The highest BCUT2D eigenvalue weighted by Crippen LogP contribution is 2.24. The number of nitrogens with zero attached hydrogens (tertiary/aromatic N) is 4. The van der Waals surface area contributed by atoms with Crippen molar-refractivity contribution in [2.45, 2.75) is 25.7 Å². The van der Waals surface area contributed by atoms with Crippen molar-refractivity contribution in [3.05, 3.63) is 11.8 Å². The quantitative estimate of drug-likeness (QED) is 0.668. The first-order valence-electron chi connectivity index (χ1n) is 5.43. The predicted molar refractivity (Wildman–Crippen MR) is 58.9 cm³/mol. The van der Waals surface area contributed by atoms with Crippen molar-refractivity contribution in [1.82, 2.24) is 9.78 Å². The third kappa shape index (κ3) is 1.91. The third-order valence-corrected chi connectivity index (χ3v) is 2.77. The molecule has 0 aromatic carbocycles. The van der Waals surface area contributed by atoms with Crippen molar-refractivity contribution in [1.29, 1.82) is 5.26 Å². The van der Waals surface area contributed by atoms with Gasteiger partial charge in [0.05, 0.1) is 6.20 Å². The van der Waals surface area contributed by atoms with Gasteiger partial charge in [-0.2, -0.15) is 10.4 Å². The van der Waals surface area contributed by atoms with E-state index in [-0.39, 0.29) is 23.2 Å². The minimum absolute atomic E-state index is 0.246. The van der Waals surface area contributed by atoms with Gasteiger partial charge in [-0.05, 0) is 12.8 Å². The molecule has 6 heteroatoms. The van der Waals surface area contributed by atoms with Crippen LogP contribution in [-0.4, -0.2) is 21.6 Å². The van der Waals surface area contributed by atoms with E-state index in [2.05, 4.69) is 5.10 Å². The molecule has 0 radical (unpaired) electrons. The Hall–Kier alpha value is -2.16. The summed E-state index contributed by atoms with van der Waals surface area (Å²) in [5.74, 6) is -0.232. The summed E-state index contributed by atoms with van der Waals surface area (Å²) in [5, 5.41) is 12.9. The first-order valence-corrected chi connectivity index (χ1v) is 5.43. The number of aromatic nitrogens is 2. The van der Waals surface area contributed by atoms with Crippen LogP contribution in [-0.2, 0) is 16.6 Å². The van der Waals surface area contributed by atoms with Gasteiger partial charge in [0.2, 0.25) is 11.8 Å². The molecule has 1 aliphatic heterocycles. The van der Waals surface area contributed by atoms with Gasteiger partial charge in [0.25, 0.3) is 0 Å². The average Bonchev–Trinajstić information content (AvgIpc) is 2.58. The van der Waals surface area contributed by atoms with Crippen LogP contribution < -0.4 is 4.90 Å². The van der Waals surface area contributed by atoms with Crippen LogP contribution in [0.4, 0.5) is 5.82 Å². The molecule has 1 aromatic rings.